The average molecular weight is 337 g/mol. The molecule has 0 heterocycles. The molecule has 126 valence electrons. The van der Waals surface area contributed by atoms with Gasteiger partial charge in [-0.3, -0.25) is 20.2 Å². The highest BCUT2D eigenvalue weighted by molar-refractivity contribution is 5.46. The molecule has 0 spiro atoms. The third-order valence-electron chi connectivity index (χ3n) is 2.81. The van der Waals surface area contributed by atoms with E-state index in [4.69, 9.17) is 5.73 Å². The molecule has 0 fully saturated rings. The topological polar surface area (TPSA) is 112 Å². The summed E-state index contributed by atoms with van der Waals surface area (Å²) in [6.45, 7) is 3.45. The summed E-state index contributed by atoms with van der Waals surface area (Å²) in [5.74, 6) is -1.33. The van der Waals surface area contributed by atoms with Gasteiger partial charge in [-0.25, -0.2) is 8.78 Å². The van der Waals surface area contributed by atoms with E-state index in [2.05, 4.69) is 6.58 Å². The van der Waals surface area contributed by atoms with Crippen molar-refractivity contribution in [1.29, 1.82) is 0 Å². The number of benzene rings is 2. The minimum Gasteiger partial charge on any atom is -0.396 e. The van der Waals surface area contributed by atoms with Crippen LogP contribution in [0.2, 0.25) is 0 Å². The Balaban J connectivity index is 0.000000243. The van der Waals surface area contributed by atoms with E-state index >= 15 is 0 Å². The van der Waals surface area contributed by atoms with Crippen LogP contribution in [0.15, 0.2) is 49.1 Å². The first-order valence-corrected chi connectivity index (χ1v) is 6.49. The van der Waals surface area contributed by atoms with Gasteiger partial charge in [0.2, 0.25) is 0 Å². The molecule has 0 aliphatic carbocycles. The maximum Gasteiger partial charge on any atom is 0.272 e. The van der Waals surface area contributed by atoms with E-state index in [1.807, 2.05) is 0 Å². The highest BCUT2D eigenvalue weighted by Gasteiger charge is 2.09. The predicted molar refractivity (Wildman–Crippen MR) is 84.4 cm³/mol. The van der Waals surface area contributed by atoms with E-state index < -0.39 is 21.5 Å². The monoisotopic (exact) mass is 337 g/mol. The number of allylic oxidation sites excluding steroid dienone is 1. The van der Waals surface area contributed by atoms with E-state index in [0.717, 1.165) is 24.3 Å². The van der Waals surface area contributed by atoms with E-state index in [0.29, 0.717) is 12.0 Å². The minimum absolute atomic E-state index is 0.0874. The number of hydrogen-bond donors (Lipinski definition) is 1. The van der Waals surface area contributed by atoms with Crippen LogP contribution in [0.4, 0.5) is 25.8 Å². The lowest BCUT2D eigenvalue weighted by Crippen LogP contribution is -1.93. The summed E-state index contributed by atoms with van der Waals surface area (Å²) in [5, 5.41) is 20.3. The molecule has 0 aromatic heterocycles. The van der Waals surface area contributed by atoms with Crippen LogP contribution in [0.25, 0.3) is 0 Å². The van der Waals surface area contributed by atoms with Crippen molar-refractivity contribution in [2.24, 2.45) is 0 Å². The fourth-order valence-corrected chi connectivity index (χ4v) is 1.60. The number of nitrogen functional groups attached to an aromatic ring is 1. The highest BCUT2D eigenvalue weighted by Crippen LogP contribution is 2.17. The van der Waals surface area contributed by atoms with Gasteiger partial charge >= 0.3 is 0 Å². The fraction of sp³-hybridized carbons (Fsp3) is 0.0667. The normalized spacial score (nSPS) is 9.58. The van der Waals surface area contributed by atoms with Crippen molar-refractivity contribution in [2.75, 3.05) is 5.73 Å². The molecule has 2 N–H and O–H groups in total. The molecular weight excluding hydrogens is 324 g/mol. The van der Waals surface area contributed by atoms with E-state index in [1.165, 1.54) is 12.1 Å². The number of non-ortho nitro benzene ring substituents is 2. The summed E-state index contributed by atoms with van der Waals surface area (Å²) in [6.07, 6.45) is 1.92. The second-order valence-electron chi connectivity index (χ2n) is 4.49. The molecule has 2 aromatic carbocycles. The third kappa shape index (κ3) is 5.13. The number of nitrogens with two attached hydrogens (primary N) is 1. The second kappa shape index (κ2) is 8.32. The summed E-state index contributed by atoms with van der Waals surface area (Å²) in [5.41, 5.74) is 4.90. The van der Waals surface area contributed by atoms with Crippen molar-refractivity contribution >= 4 is 17.1 Å². The Morgan fingerprint density at radius 3 is 1.92 bits per heavy atom. The van der Waals surface area contributed by atoms with Crippen LogP contribution in [-0.2, 0) is 6.42 Å². The standard InChI is InChI=1S/C9H8FNO2.C6H5FN2O2/c1-2-3-7-4-5-8(11(12)13)6-9(7)10;7-5-3-4(9(10)11)1-2-6(5)8/h2,4-6H,1,3H2;1-3H,8H2. The molecule has 7 nitrogen and oxygen atoms in total. The molecule has 9 heteroatoms. The van der Waals surface area contributed by atoms with Gasteiger partial charge in [0, 0.05) is 12.1 Å². The number of anilines is 1. The number of nitro benzene ring substituents is 2. The number of nitro groups is 2. The minimum atomic E-state index is -0.765. The van der Waals surface area contributed by atoms with Crippen LogP contribution in [-0.4, -0.2) is 9.85 Å². The first-order valence-electron chi connectivity index (χ1n) is 6.49. The van der Waals surface area contributed by atoms with Crippen molar-refractivity contribution in [3.05, 3.63) is 86.5 Å². The van der Waals surface area contributed by atoms with Crippen molar-refractivity contribution in [3.63, 3.8) is 0 Å². The first-order chi connectivity index (χ1) is 11.3. The predicted octanol–water partition coefficient (Wildman–Crippen LogP) is 3.78. The zero-order valence-corrected chi connectivity index (χ0v) is 12.3. The van der Waals surface area contributed by atoms with Crippen LogP contribution in [0, 0.1) is 31.9 Å². The van der Waals surface area contributed by atoms with Gasteiger partial charge in [-0.1, -0.05) is 6.08 Å². The lowest BCUT2D eigenvalue weighted by atomic mass is 10.1. The second-order valence-corrected chi connectivity index (χ2v) is 4.49. The van der Waals surface area contributed by atoms with Gasteiger partial charge in [-0.15, -0.1) is 6.58 Å². The molecule has 0 unspecified atom stereocenters. The summed E-state index contributed by atoms with van der Waals surface area (Å²) in [7, 11) is 0. The molecule has 2 rings (SSSR count). The number of hydrogen-bond acceptors (Lipinski definition) is 5. The molecule has 0 atom stereocenters. The van der Waals surface area contributed by atoms with Crippen molar-refractivity contribution in [2.45, 2.75) is 6.42 Å². The van der Waals surface area contributed by atoms with E-state index in [1.54, 1.807) is 6.08 Å². The lowest BCUT2D eigenvalue weighted by molar-refractivity contribution is -0.385. The third-order valence-corrected chi connectivity index (χ3v) is 2.81. The van der Waals surface area contributed by atoms with Crippen molar-refractivity contribution in [3.8, 4) is 0 Å². The number of rotatable bonds is 4. The van der Waals surface area contributed by atoms with Crippen molar-refractivity contribution in [1.82, 2.24) is 0 Å². The van der Waals surface area contributed by atoms with Gasteiger partial charge in [0.05, 0.1) is 27.7 Å². The van der Waals surface area contributed by atoms with Gasteiger partial charge in [0.15, 0.2) is 5.82 Å². The van der Waals surface area contributed by atoms with Crippen LogP contribution < -0.4 is 5.73 Å². The Hall–Kier alpha value is -3.36. The van der Waals surface area contributed by atoms with Gasteiger partial charge in [0.1, 0.15) is 5.82 Å². The van der Waals surface area contributed by atoms with Gasteiger partial charge in [-0.2, -0.15) is 0 Å². The molecule has 24 heavy (non-hydrogen) atoms. The van der Waals surface area contributed by atoms with Crippen LogP contribution in [0.1, 0.15) is 5.56 Å². The van der Waals surface area contributed by atoms with Crippen LogP contribution in [0.5, 0.6) is 0 Å². The smallest absolute Gasteiger partial charge is 0.272 e. The summed E-state index contributed by atoms with van der Waals surface area (Å²) in [6, 6.07) is 6.69. The molecule has 2 aromatic rings. The van der Waals surface area contributed by atoms with Crippen LogP contribution >= 0.6 is 0 Å². The Morgan fingerprint density at radius 1 is 1.00 bits per heavy atom. The maximum absolute atomic E-state index is 13.0. The summed E-state index contributed by atoms with van der Waals surface area (Å²) < 4.78 is 25.6. The number of nitrogens with zero attached hydrogens (tertiary/aromatic N) is 2. The van der Waals surface area contributed by atoms with Crippen LogP contribution in [0.3, 0.4) is 0 Å². The maximum atomic E-state index is 13.0. The molecule has 0 amide bonds. The van der Waals surface area contributed by atoms with E-state index in [-0.39, 0.29) is 17.1 Å². The molecule has 0 saturated heterocycles. The Labute approximate surface area is 135 Å². The van der Waals surface area contributed by atoms with E-state index in [9.17, 15) is 29.0 Å². The first kappa shape index (κ1) is 18.7. The van der Waals surface area contributed by atoms with Gasteiger partial charge in [-0.05, 0) is 24.1 Å². The molecule has 0 radical (unpaired) electrons. The Kier molecular flexibility index (Phi) is 6.48. The quantitative estimate of drug-likeness (QED) is 0.395. The average Bonchev–Trinajstić information content (AvgIpc) is 2.52. The highest BCUT2D eigenvalue weighted by atomic mass is 19.1. The largest absolute Gasteiger partial charge is 0.396 e. The summed E-state index contributed by atoms with van der Waals surface area (Å²) in [4.78, 5) is 19.0. The molecule has 0 aliphatic heterocycles. The lowest BCUT2D eigenvalue weighted by Gasteiger charge is -1.98. The fourth-order valence-electron chi connectivity index (χ4n) is 1.60. The molecule has 0 saturated carbocycles. The van der Waals surface area contributed by atoms with Gasteiger partial charge in [0.25, 0.3) is 11.4 Å². The number of halogens is 2. The molecular formula is C15H13F2N3O4. The van der Waals surface area contributed by atoms with Crippen molar-refractivity contribution < 1.29 is 18.6 Å². The SMILES string of the molecule is C=CCc1ccc([N+](=O)[O-])cc1F.Nc1ccc([N+](=O)[O-])cc1F. The zero-order chi connectivity index (χ0) is 18.3. The molecule has 0 aliphatic rings. The summed E-state index contributed by atoms with van der Waals surface area (Å²) >= 11 is 0. The molecule has 0 bridgehead atoms. The zero-order valence-electron chi connectivity index (χ0n) is 12.3. The van der Waals surface area contributed by atoms with Gasteiger partial charge < -0.3 is 5.73 Å². The Morgan fingerprint density at radius 2 is 1.50 bits per heavy atom. The Bertz CT molecular complexity index is 781.